The highest BCUT2D eigenvalue weighted by atomic mass is 16.5. The minimum atomic E-state index is -0.685. The number of carbonyl (C=O) groups is 3. The molecule has 7 N–H and O–H groups in total. The number of nitrogens with zero attached hydrogens (tertiary/aromatic N) is 2. The molecular weight excluding hydrogens is 656 g/mol. The minimum absolute atomic E-state index is 0.0164. The number of ether oxygens (including phenoxy) is 4. The first-order valence-corrected chi connectivity index (χ1v) is 16.2. The average Bonchev–Trinajstić information content (AvgIpc) is 3.14. The van der Waals surface area contributed by atoms with E-state index >= 15 is 0 Å². The van der Waals surface area contributed by atoms with Crippen LogP contribution in [0.4, 0.5) is 11.5 Å². The van der Waals surface area contributed by atoms with Crippen LogP contribution in [0.25, 0.3) is 0 Å². The molecule has 15 heteroatoms. The van der Waals surface area contributed by atoms with Crippen LogP contribution >= 0.6 is 0 Å². The first-order chi connectivity index (χ1) is 24.7. The number of benzene rings is 3. The Hall–Kier alpha value is -6.48. The molecule has 1 unspecified atom stereocenters. The summed E-state index contributed by atoms with van der Waals surface area (Å²) < 4.78 is 23.1. The van der Waals surface area contributed by atoms with Gasteiger partial charge in [-0.05, 0) is 60.5 Å². The number of rotatable bonds is 13. The maximum absolute atomic E-state index is 13.3. The van der Waals surface area contributed by atoms with Crippen molar-refractivity contribution in [2.75, 3.05) is 30.3 Å². The SMILES string of the molecule is CCOC(=O)CCc1cc(Oc2nc(Oc3cc(C(=N)N)ccc3C(=O)OCc3ccccc3)nc3c2NC(=O)CN3)cc(C2NC=CCN2)c1. The molecule has 0 bridgehead atoms. The molecule has 3 heterocycles. The van der Waals surface area contributed by atoms with Crippen LogP contribution in [0.15, 0.2) is 79.0 Å². The largest absolute Gasteiger partial charge is 0.466 e. The Morgan fingerprint density at radius 1 is 1.00 bits per heavy atom. The molecule has 15 nitrogen and oxygen atoms in total. The van der Waals surface area contributed by atoms with Gasteiger partial charge in [0.15, 0.2) is 5.82 Å². The number of esters is 2. The number of amides is 1. The summed E-state index contributed by atoms with van der Waals surface area (Å²) in [7, 11) is 0. The van der Waals surface area contributed by atoms with Crippen molar-refractivity contribution in [3.8, 4) is 23.4 Å². The third-order valence-corrected chi connectivity index (χ3v) is 7.74. The van der Waals surface area contributed by atoms with Gasteiger partial charge in [0.2, 0.25) is 5.91 Å². The molecular formula is C36H36N8O7. The molecule has 0 fully saturated rings. The molecule has 262 valence electrons. The number of nitrogens with two attached hydrogens (primary N) is 1. The maximum atomic E-state index is 13.3. The van der Waals surface area contributed by atoms with E-state index in [1.807, 2.05) is 54.7 Å². The summed E-state index contributed by atoms with van der Waals surface area (Å²) in [5.41, 5.74) is 8.68. The van der Waals surface area contributed by atoms with Crippen molar-refractivity contribution in [1.82, 2.24) is 20.6 Å². The molecule has 0 saturated carbocycles. The van der Waals surface area contributed by atoms with E-state index in [2.05, 4.69) is 31.2 Å². The Labute approximate surface area is 293 Å². The van der Waals surface area contributed by atoms with Crippen LogP contribution in [0.2, 0.25) is 0 Å². The topological polar surface area (TPSA) is 212 Å². The van der Waals surface area contributed by atoms with Crippen molar-refractivity contribution >= 4 is 35.2 Å². The van der Waals surface area contributed by atoms with Gasteiger partial charge in [-0.1, -0.05) is 48.5 Å². The van der Waals surface area contributed by atoms with Crippen molar-refractivity contribution in [3.63, 3.8) is 0 Å². The van der Waals surface area contributed by atoms with Gasteiger partial charge in [-0.3, -0.25) is 20.3 Å². The Morgan fingerprint density at radius 3 is 2.61 bits per heavy atom. The van der Waals surface area contributed by atoms with Crippen molar-refractivity contribution < 1.29 is 33.3 Å². The fourth-order valence-corrected chi connectivity index (χ4v) is 5.30. The average molecular weight is 693 g/mol. The number of anilines is 2. The standard InChI is InChI=1S/C36H36N8O7/c1-2-48-29(46)12-9-22-15-24(32-39-13-6-14-40-32)17-25(16-22)50-34-30-33(41-19-28(45)42-30)43-36(44-34)51-27-18-23(31(37)38)10-11-26(27)35(47)49-20-21-7-4-3-5-8-21/h3-8,10-11,13,15-18,32,39-40H,2,9,12,14,19-20H2,1H3,(H3,37,38)(H,42,45)(H,41,43,44). The number of nitrogens with one attached hydrogen (secondary N) is 5. The third-order valence-electron chi connectivity index (χ3n) is 7.74. The van der Waals surface area contributed by atoms with E-state index in [9.17, 15) is 14.4 Å². The van der Waals surface area contributed by atoms with Crippen LogP contribution in [0.1, 0.15) is 52.1 Å². The predicted molar refractivity (Wildman–Crippen MR) is 187 cm³/mol. The molecule has 1 atom stereocenters. The lowest BCUT2D eigenvalue weighted by atomic mass is 10.0. The lowest BCUT2D eigenvalue weighted by molar-refractivity contribution is -0.143. The second-order valence-corrected chi connectivity index (χ2v) is 11.5. The number of carbonyl (C=O) groups excluding carboxylic acids is 3. The molecule has 0 saturated heterocycles. The molecule has 0 spiro atoms. The monoisotopic (exact) mass is 692 g/mol. The second-order valence-electron chi connectivity index (χ2n) is 11.5. The zero-order valence-corrected chi connectivity index (χ0v) is 27.7. The fourth-order valence-electron chi connectivity index (χ4n) is 5.30. The summed E-state index contributed by atoms with van der Waals surface area (Å²) in [6, 6.07) is 18.9. The van der Waals surface area contributed by atoms with E-state index in [0.717, 1.165) is 16.7 Å². The third kappa shape index (κ3) is 8.76. The predicted octanol–water partition coefficient (Wildman–Crippen LogP) is 4.27. The van der Waals surface area contributed by atoms with Crippen molar-refractivity contribution in [2.24, 2.45) is 5.73 Å². The molecule has 1 aromatic heterocycles. The van der Waals surface area contributed by atoms with E-state index in [0.29, 0.717) is 18.7 Å². The Balaban J connectivity index is 1.34. The quantitative estimate of drug-likeness (QED) is 0.0658. The van der Waals surface area contributed by atoms with Crippen LogP contribution in [-0.4, -0.2) is 53.3 Å². The minimum Gasteiger partial charge on any atom is -0.466 e. The number of amidine groups is 1. The van der Waals surface area contributed by atoms with Crippen molar-refractivity contribution in [3.05, 3.63) is 107 Å². The molecule has 2 aliphatic heterocycles. The van der Waals surface area contributed by atoms with Gasteiger partial charge in [-0.25, -0.2) is 4.79 Å². The summed E-state index contributed by atoms with van der Waals surface area (Å²) in [5, 5.41) is 20.2. The van der Waals surface area contributed by atoms with Gasteiger partial charge in [-0.15, -0.1) is 0 Å². The lowest BCUT2D eigenvalue weighted by Crippen LogP contribution is -2.34. The van der Waals surface area contributed by atoms with Gasteiger partial charge in [0.25, 0.3) is 5.88 Å². The molecule has 6 rings (SSSR count). The van der Waals surface area contributed by atoms with Gasteiger partial charge in [0.05, 0.1) is 13.2 Å². The molecule has 0 aliphatic carbocycles. The van der Waals surface area contributed by atoms with Gasteiger partial charge in [0, 0.05) is 18.5 Å². The van der Waals surface area contributed by atoms with Crippen molar-refractivity contribution in [2.45, 2.75) is 32.5 Å². The zero-order valence-electron chi connectivity index (χ0n) is 27.7. The molecule has 0 radical (unpaired) electrons. The Kier molecular flexibility index (Phi) is 10.7. The summed E-state index contributed by atoms with van der Waals surface area (Å²) in [6.45, 7) is 2.64. The van der Waals surface area contributed by atoms with Crippen LogP contribution in [0, 0.1) is 5.41 Å². The summed E-state index contributed by atoms with van der Waals surface area (Å²) in [6.07, 6.45) is 4.11. The Morgan fingerprint density at radius 2 is 1.84 bits per heavy atom. The molecule has 1 amide bonds. The second kappa shape index (κ2) is 15.8. The first kappa shape index (κ1) is 34.4. The number of fused-ring (bicyclic) bond motifs is 1. The zero-order chi connectivity index (χ0) is 35.7. The molecule has 51 heavy (non-hydrogen) atoms. The highest BCUT2D eigenvalue weighted by Gasteiger charge is 2.26. The van der Waals surface area contributed by atoms with Gasteiger partial charge in [-0.2, -0.15) is 9.97 Å². The van der Waals surface area contributed by atoms with E-state index in [1.165, 1.54) is 18.2 Å². The summed E-state index contributed by atoms with van der Waals surface area (Å²) >= 11 is 0. The summed E-state index contributed by atoms with van der Waals surface area (Å²) in [5.74, 6) is -1.09. The molecule has 2 aliphatic rings. The van der Waals surface area contributed by atoms with E-state index in [-0.39, 0.29) is 90.3 Å². The van der Waals surface area contributed by atoms with Crippen LogP contribution in [0.3, 0.4) is 0 Å². The number of aryl methyl sites for hydroxylation is 1. The maximum Gasteiger partial charge on any atom is 0.342 e. The fraction of sp³-hybridized carbons (Fsp3) is 0.222. The summed E-state index contributed by atoms with van der Waals surface area (Å²) in [4.78, 5) is 46.8. The van der Waals surface area contributed by atoms with Crippen molar-refractivity contribution in [1.29, 1.82) is 5.41 Å². The molecule has 3 aromatic carbocycles. The van der Waals surface area contributed by atoms with Crippen LogP contribution in [-0.2, 0) is 32.1 Å². The molecule has 4 aromatic rings. The highest BCUT2D eigenvalue weighted by Crippen LogP contribution is 2.38. The normalized spacial score (nSPS) is 14.6. The van der Waals surface area contributed by atoms with Gasteiger partial charge in [0.1, 0.15) is 41.4 Å². The lowest BCUT2D eigenvalue weighted by Gasteiger charge is -2.24. The van der Waals surface area contributed by atoms with Crippen LogP contribution < -0.4 is 36.5 Å². The van der Waals surface area contributed by atoms with Crippen LogP contribution in [0.5, 0.6) is 23.4 Å². The smallest absolute Gasteiger partial charge is 0.342 e. The highest BCUT2D eigenvalue weighted by molar-refractivity contribution is 6.01. The van der Waals surface area contributed by atoms with E-state index in [4.69, 9.17) is 30.1 Å². The van der Waals surface area contributed by atoms with Gasteiger partial charge >= 0.3 is 17.9 Å². The van der Waals surface area contributed by atoms with E-state index in [1.54, 1.807) is 13.0 Å². The van der Waals surface area contributed by atoms with E-state index < -0.39 is 5.97 Å². The number of nitrogen functional groups attached to an aromatic ring is 1. The number of hydrogen-bond acceptors (Lipinski definition) is 13. The number of aromatic nitrogens is 2. The first-order valence-electron chi connectivity index (χ1n) is 16.2. The number of hydrogen-bond donors (Lipinski definition) is 6. The van der Waals surface area contributed by atoms with Gasteiger partial charge < -0.3 is 40.6 Å². The Bertz CT molecular complexity index is 1990.